The van der Waals surface area contributed by atoms with Crippen LogP contribution >= 0.6 is 0 Å². The number of anilines is 1. The molecule has 1 aliphatic rings. The molecule has 2 amide bonds. The lowest BCUT2D eigenvalue weighted by molar-refractivity contribution is 0.207. The summed E-state index contributed by atoms with van der Waals surface area (Å²) < 4.78 is 29.1. The molecular formula is C20H23FN2O4. The van der Waals surface area contributed by atoms with Crippen LogP contribution in [0.15, 0.2) is 36.4 Å². The Morgan fingerprint density at radius 3 is 2.26 bits per heavy atom. The molecule has 27 heavy (non-hydrogen) atoms. The van der Waals surface area contributed by atoms with E-state index in [2.05, 4.69) is 5.32 Å². The highest BCUT2D eigenvalue weighted by Gasteiger charge is 2.30. The van der Waals surface area contributed by atoms with Crippen molar-refractivity contribution in [2.45, 2.75) is 18.9 Å². The predicted octanol–water partition coefficient (Wildman–Crippen LogP) is 4.22. The summed E-state index contributed by atoms with van der Waals surface area (Å²) in [6.45, 7) is 0.637. The van der Waals surface area contributed by atoms with Crippen LogP contribution in [0.3, 0.4) is 0 Å². The third kappa shape index (κ3) is 3.92. The van der Waals surface area contributed by atoms with E-state index >= 15 is 0 Å². The largest absolute Gasteiger partial charge is 0.493 e. The number of methoxy groups -OCH3 is 3. The van der Waals surface area contributed by atoms with Crippen molar-refractivity contribution in [3.05, 3.63) is 47.8 Å². The molecule has 6 nitrogen and oxygen atoms in total. The molecule has 1 N–H and O–H groups in total. The SMILES string of the molecule is COc1cc(NC(=O)N2CCC[C@H]2c2ccc(F)cc2)cc(OC)c1OC. The van der Waals surface area contributed by atoms with Gasteiger partial charge in [-0.3, -0.25) is 0 Å². The molecule has 0 aliphatic carbocycles. The van der Waals surface area contributed by atoms with E-state index in [0.717, 1.165) is 18.4 Å². The maximum atomic E-state index is 13.2. The van der Waals surface area contributed by atoms with E-state index in [9.17, 15) is 9.18 Å². The standard InChI is InChI=1S/C20H23FN2O4/c1-25-17-11-15(12-18(26-2)19(17)27-3)22-20(24)23-10-4-5-16(23)13-6-8-14(21)9-7-13/h6-9,11-12,16H,4-5,10H2,1-3H3,(H,22,24)/t16-/m0/s1. The summed E-state index contributed by atoms with van der Waals surface area (Å²) in [6, 6.07) is 9.36. The number of amides is 2. The van der Waals surface area contributed by atoms with Crippen molar-refractivity contribution in [2.75, 3.05) is 33.2 Å². The van der Waals surface area contributed by atoms with Crippen LogP contribution in [0.1, 0.15) is 24.4 Å². The average Bonchev–Trinajstić information content (AvgIpc) is 3.17. The molecular weight excluding hydrogens is 351 g/mol. The zero-order valence-corrected chi connectivity index (χ0v) is 15.6. The van der Waals surface area contributed by atoms with E-state index in [-0.39, 0.29) is 17.9 Å². The Kier molecular flexibility index (Phi) is 5.69. The van der Waals surface area contributed by atoms with Crippen molar-refractivity contribution in [3.8, 4) is 17.2 Å². The fraction of sp³-hybridized carbons (Fsp3) is 0.350. The summed E-state index contributed by atoms with van der Waals surface area (Å²) in [5.74, 6) is 1.10. The number of nitrogens with one attached hydrogen (secondary N) is 1. The molecule has 2 aromatic carbocycles. The fourth-order valence-corrected chi connectivity index (χ4v) is 3.39. The van der Waals surface area contributed by atoms with E-state index in [1.165, 1.54) is 33.5 Å². The van der Waals surface area contributed by atoms with E-state index < -0.39 is 0 Å². The van der Waals surface area contributed by atoms with Crippen molar-refractivity contribution in [1.82, 2.24) is 4.90 Å². The van der Waals surface area contributed by atoms with E-state index in [1.54, 1.807) is 29.2 Å². The van der Waals surface area contributed by atoms with Crippen LogP contribution in [-0.4, -0.2) is 38.8 Å². The summed E-state index contributed by atoms with van der Waals surface area (Å²) in [7, 11) is 4.57. The summed E-state index contributed by atoms with van der Waals surface area (Å²) in [6.07, 6.45) is 1.74. The molecule has 3 rings (SSSR count). The smallest absolute Gasteiger partial charge is 0.322 e. The number of carbonyl (C=O) groups is 1. The minimum Gasteiger partial charge on any atom is -0.493 e. The number of halogens is 1. The van der Waals surface area contributed by atoms with Gasteiger partial charge in [-0.05, 0) is 30.5 Å². The van der Waals surface area contributed by atoms with E-state index in [1.807, 2.05) is 0 Å². The first-order valence-corrected chi connectivity index (χ1v) is 8.70. The second kappa shape index (κ2) is 8.16. The van der Waals surface area contributed by atoms with Crippen molar-refractivity contribution in [2.24, 2.45) is 0 Å². The van der Waals surface area contributed by atoms with Crippen molar-refractivity contribution in [3.63, 3.8) is 0 Å². The average molecular weight is 374 g/mol. The van der Waals surface area contributed by atoms with Crippen LogP contribution in [0.25, 0.3) is 0 Å². The van der Waals surface area contributed by atoms with E-state index in [4.69, 9.17) is 14.2 Å². The molecule has 0 spiro atoms. The van der Waals surface area contributed by atoms with Crippen LogP contribution in [0, 0.1) is 5.82 Å². The van der Waals surface area contributed by atoms with Gasteiger partial charge in [-0.25, -0.2) is 9.18 Å². The maximum absolute atomic E-state index is 13.2. The number of carbonyl (C=O) groups excluding carboxylic acids is 1. The molecule has 1 fully saturated rings. The van der Waals surface area contributed by atoms with Crippen LogP contribution in [0.2, 0.25) is 0 Å². The van der Waals surface area contributed by atoms with Gasteiger partial charge in [0.05, 0.1) is 33.1 Å². The summed E-state index contributed by atoms with van der Waals surface area (Å²) in [4.78, 5) is 14.6. The second-order valence-electron chi connectivity index (χ2n) is 6.25. The van der Waals surface area contributed by atoms with Crippen LogP contribution in [-0.2, 0) is 0 Å². The molecule has 0 radical (unpaired) electrons. The summed E-state index contributed by atoms with van der Waals surface area (Å²) in [5, 5.41) is 2.89. The highest BCUT2D eigenvalue weighted by Crippen LogP contribution is 2.40. The number of urea groups is 1. The summed E-state index contributed by atoms with van der Waals surface area (Å²) in [5.41, 5.74) is 1.47. The Hall–Kier alpha value is -2.96. The van der Waals surface area contributed by atoms with Crippen molar-refractivity contribution in [1.29, 1.82) is 0 Å². The third-order valence-corrected chi connectivity index (χ3v) is 4.68. The zero-order valence-electron chi connectivity index (χ0n) is 15.6. The number of benzene rings is 2. The third-order valence-electron chi connectivity index (χ3n) is 4.68. The Bertz CT molecular complexity index is 785. The topological polar surface area (TPSA) is 60.0 Å². The molecule has 1 heterocycles. The first kappa shape index (κ1) is 18.8. The minimum atomic E-state index is -0.287. The van der Waals surface area contributed by atoms with E-state index in [0.29, 0.717) is 29.5 Å². The number of hydrogen-bond acceptors (Lipinski definition) is 4. The van der Waals surface area contributed by atoms with Crippen molar-refractivity contribution < 1.29 is 23.4 Å². The van der Waals surface area contributed by atoms with Gasteiger partial charge in [0.1, 0.15) is 5.82 Å². The Balaban J connectivity index is 1.81. The van der Waals surface area contributed by atoms with Gasteiger partial charge in [0.25, 0.3) is 0 Å². The van der Waals surface area contributed by atoms with Crippen LogP contribution in [0.4, 0.5) is 14.9 Å². The fourth-order valence-electron chi connectivity index (χ4n) is 3.39. The summed E-state index contributed by atoms with van der Waals surface area (Å²) >= 11 is 0. The van der Waals surface area contributed by atoms with Gasteiger partial charge in [-0.1, -0.05) is 12.1 Å². The maximum Gasteiger partial charge on any atom is 0.322 e. The first-order valence-electron chi connectivity index (χ1n) is 8.70. The molecule has 0 unspecified atom stereocenters. The Morgan fingerprint density at radius 1 is 1.07 bits per heavy atom. The molecule has 144 valence electrons. The number of nitrogens with zero attached hydrogens (tertiary/aromatic N) is 1. The van der Waals surface area contributed by atoms with Gasteiger partial charge in [0.15, 0.2) is 11.5 Å². The number of ether oxygens (including phenoxy) is 3. The lowest BCUT2D eigenvalue weighted by Crippen LogP contribution is -2.34. The minimum absolute atomic E-state index is 0.0763. The zero-order chi connectivity index (χ0) is 19.4. The normalized spacial score (nSPS) is 16.1. The van der Waals surface area contributed by atoms with Gasteiger partial charge in [-0.2, -0.15) is 0 Å². The number of likely N-dealkylation sites (tertiary alicyclic amines) is 1. The predicted molar refractivity (Wildman–Crippen MR) is 100 cm³/mol. The lowest BCUT2D eigenvalue weighted by atomic mass is 10.0. The van der Waals surface area contributed by atoms with Gasteiger partial charge in [-0.15, -0.1) is 0 Å². The highest BCUT2D eigenvalue weighted by molar-refractivity contribution is 5.90. The Morgan fingerprint density at radius 2 is 1.70 bits per heavy atom. The lowest BCUT2D eigenvalue weighted by Gasteiger charge is -2.25. The van der Waals surface area contributed by atoms with Crippen molar-refractivity contribution >= 4 is 11.7 Å². The molecule has 0 bridgehead atoms. The molecule has 7 heteroatoms. The first-order chi connectivity index (χ1) is 13.1. The molecule has 1 atom stereocenters. The number of rotatable bonds is 5. The van der Waals surface area contributed by atoms with Gasteiger partial charge < -0.3 is 24.4 Å². The second-order valence-corrected chi connectivity index (χ2v) is 6.25. The number of hydrogen-bond donors (Lipinski definition) is 1. The quantitative estimate of drug-likeness (QED) is 0.851. The van der Waals surface area contributed by atoms with Gasteiger partial charge in [0.2, 0.25) is 5.75 Å². The molecule has 1 aliphatic heterocycles. The van der Waals surface area contributed by atoms with Gasteiger partial charge >= 0.3 is 6.03 Å². The van der Waals surface area contributed by atoms with Crippen LogP contribution < -0.4 is 19.5 Å². The highest BCUT2D eigenvalue weighted by atomic mass is 19.1. The molecule has 1 saturated heterocycles. The molecule has 0 saturated carbocycles. The molecule has 2 aromatic rings. The Labute approximate surface area is 157 Å². The van der Waals surface area contributed by atoms with Crippen LogP contribution in [0.5, 0.6) is 17.2 Å². The molecule has 0 aromatic heterocycles. The monoisotopic (exact) mass is 374 g/mol. The van der Waals surface area contributed by atoms with Gasteiger partial charge in [0, 0.05) is 18.7 Å².